The van der Waals surface area contributed by atoms with Gasteiger partial charge in [-0.1, -0.05) is 0 Å². The Balaban J connectivity index is 1.57. The van der Waals surface area contributed by atoms with Gasteiger partial charge in [0.15, 0.2) is 5.82 Å². The van der Waals surface area contributed by atoms with E-state index in [2.05, 4.69) is 25.2 Å². The van der Waals surface area contributed by atoms with E-state index in [0.29, 0.717) is 30.2 Å². The third-order valence-corrected chi connectivity index (χ3v) is 4.78. The number of anilines is 2. The van der Waals surface area contributed by atoms with Gasteiger partial charge in [0.1, 0.15) is 17.3 Å². The smallest absolute Gasteiger partial charge is 0.420 e. The molecule has 0 atom stereocenters. The summed E-state index contributed by atoms with van der Waals surface area (Å²) in [5.74, 6) is -0.974. The number of halogens is 4. The van der Waals surface area contributed by atoms with Crippen LogP contribution >= 0.6 is 11.6 Å². The lowest BCUT2D eigenvalue weighted by molar-refractivity contribution is -0.0964. The average Bonchev–Trinajstić information content (AvgIpc) is 3.11. The number of amides is 1. The van der Waals surface area contributed by atoms with Crippen LogP contribution in [-0.4, -0.2) is 50.5 Å². The molecule has 168 valence electrons. The summed E-state index contributed by atoms with van der Waals surface area (Å²) in [6, 6.07) is 6.60. The summed E-state index contributed by atoms with van der Waals surface area (Å²) in [7, 11) is 0. The van der Waals surface area contributed by atoms with Crippen molar-refractivity contribution in [1.82, 2.24) is 15.2 Å². The number of ether oxygens (including phenoxy) is 1. The highest BCUT2D eigenvalue weighted by molar-refractivity contribution is 6.20. The SMILES string of the molecule is CC1(O)CN(c2ncc(C(=O)Nc3ccc(OC(F)(F)Cl)cc3)cc2-c2[nH]ncc2F)C1. The molecular weight excluding hydrogens is 451 g/mol. The summed E-state index contributed by atoms with van der Waals surface area (Å²) in [6.45, 7) is 2.26. The van der Waals surface area contributed by atoms with E-state index in [1.807, 2.05) is 0 Å². The van der Waals surface area contributed by atoms with Crippen molar-refractivity contribution in [2.24, 2.45) is 0 Å². The summed E-state index contributed by atoms with van der Waals surface area (Å²) < 4.78 is 43.8. The van der Waals surface area contributed by atoms with Gasteiger partial charge < -0.3 is 20.1 Å². The zero-order valence-electron chi connectivity index (χ0n) is 16.6. The molecule has 3 heterocycles. The van der Waals surface area contributed by atoms with Gasteiger partial charge in [0.25, 0.3) is 5.91 Å². The molecule has 12 heteroatoms. The van der Waals surface area contributed by atoms with Crippen LogP contribution < -0.4 is 15.0 Å². The first kappa shape index (κ1) is 21.9. The fourth-order valence-corrected chi connectivity index (χ4v) is 3.44. The lowest BCUT2D eigenvalue weighted by Crippen LogP contribution is -2.60. The molecule has 0 unspecified atom stereocenters. The van der Waals surface area contributed by atoms with Gasteiger partial charge in [0.2, 0.25) is 0 Å². The van der Waals surface area contributed by atoms with Crippen molar-refractivity contribution in [2.45, 2.75) is 18.1 Å². The Morgan fingerprint density at radius 1 is 1.31 bits per heavy atom. The topological polar surface area (TPSA) is 103 Å². The number of aromatic amines is 1. The number of rotatable bonds is 6. The van der Waals surface area contributed by atoms with E-state index < -0.39 is 22.9 Å². The van der Waals surface area contributed by atoms with Gasteiger partial charge in [-0.3, -0.25) is 9.89 Å². The first-order valence-electron chi connectivity index (χ1n) is 9.34. The minimum atomic E-state index is -3.85. The summed E-state index contributed by atoms with van der Waals surface area (Å²) >= 11 is 4.72. The first-order chi connectivity index (χ1) is 15.0. The maximum absolute atomic E-state index is 14.2. The van der Waals surface area contributed by atoms with Crippen LogP contribution in [0.4, 0.5) is 24.7 Å². The van der Waals surface area contributed by atoms with Crippen molar-refractivity contribution in [3.8, 4) is 17.0 Å². The molecule has 4 rings (SSSR count). The Morgan fingerprint density at radius 3 is 2.56 bits per heavy atom. The molecule has 1 aliphatic rings. The predicted molar refractivity (Wildman–Crippen MR) is 110 cm³/mol. The van der Waals surface area contributed by atoms with Crippen molar-refractivity contribution in [2.75, 3.05) is 23.3 Å². The molecule has 1 aromatic carbocycles. The molecule has 0 saturated carbocycles. The van der Waals surface area contributed by atoms with Gasteiger partial charge in [-0.25, -0.2) is 9.37 Å². The van der Waals surface area contributed by atoms with Crippen molar-refractivity contribution >= 4 is 29.0 Å². The highest BCUT2D eigenvalue weighted by atomic mass is 35.5. The maximum Gasteiger partial charge on any atom is 0.487 e. The average molecular weight is 468 g/mol. The number of alkyl halides is 3. The molecule has 1 aliphatic heterocycles. The van der Waals surface area contributed by atoms with Gasteiger partial charge >= 0.3 is 5.57 Å². The number of aromatic nitrogens is 3. The van der Waals surface area contributed by atoms with Crippen LogP contribution in [0, 0.1) is 5.82 Å². The standard InChI is InChI=1S/C20H17ClF3N5O3/c1-19(31)9-29(10-19)17-14(16-15(22)8-26-28-16)6-11(7-25-17)18(30)27-12-2-4-13(5-3-12)32-20(21,23)24/h2-8,31H,9-10H2,1H3,(H,26,28)(H,27,30). The third-order valence-electron chi connectivity index (χ3n) is 4.70. The molecule has 32 heavy (non-hydrogen) atoms. The Labute approximate surface area is 185 Å². The molecule has 1 fully saturated rings. The van der Waals surface area contributed by atoms with Crippen LogP contribution in [0.15, 0.2) is 42.7 Å². The molecule has 2 aromatic heterocycles. The van der Waals surface area contributed by atoms with Crippen molar-refractivity contribution in [3.05, 3.63) is 54.1 Å². The zero-order chi connectivity index (χ0) is 23.1. The van der Waals surface area contributed by atoms with E-state index in [-0.39, 0.29) is 17.0 Å². The highest BCUT2D eigenvalue weighted by Gasteiger charge is 2.38. The summed E-state index contributed by atoms with van der Waals surface area (Å²) in [4.78, 5) is 18.8. The summed E-state index contributed by atoms with van der Waals surface area (Å²) in [5, 5.41) is 18.9. The molecule has 0 radical (unpaired) electrons. The molecule has 1 saturated heterocycles. The largest absolute Gasteiger partial charge is 0.487 e. The predicted octanol–water partition coefficient (Wildman–Crippen LogP) is 3.60. The van der Waals surface area contributed by atoms with E-state index >= 15 is 0 Å². The van der Waals surface area contributed by atoms with E-state index in [4.69, 9.17) is 11.6 Å². The Morgan fingerprint density at radius 2 is 2.00 bits per heavy atom. The number of β-amino-alcohol motifs (C(OH)–C–C–N with tert-alkyl or cyclic N) is 1. The van der Waals surface area contributed by atoms with Crippen LogP contribution in [0.1, 0.15) is 17.3 Å². The molecule has 3 aromatic rings. The lowest BCUT2D eigenvalue weighted by atomic mass is 9.95. The monoisotopic (exact) mass is 467 g/mol. The van der Waals surface area contributed by atoms with E-state index in [1.54, 1.807) is 11.8 Å². The van der Waals surface area contributed by atoms with Gasteiger partial charge in [0.05, 0.1) is 17.4 Å². The van der Waals surface area contributed by atoms with Crippen LogP contribution in [0.5, 0.6) is 5.75 Å². The summed E-state index contributed by atoms with van der Waals surface area (Å²) in [6.07, 6.45) is 2.33. The highest BCUT2D eigenvalue weighted by Crippen LogP contribution is 2.35. The Hall–Kier alpha value is -3.31. The number of carbonyl (C=O) groups is 1. The number of benzene rings is 1. The minimum absolute atomic E-state index is 0.0530. The number of hydrogen-bond acceptors (Lipinski definition) is 6. The minimum Gasteiger partial charge on any atom is -0.420 e. The van der Waals surface area contributed by atoms with Crippen molar-refractivity contribution in [3.63, 3.8) is 0 Å². The van der Waals surface area contributed by atoms with E-state index in [0.717, 1.165) is 6.20 Å². The van der Waals surface area contributed by atoms with Gasteiger partial charge in [0, 0.05) is 42.1 Å². The number of nitrogens with one attached hydrogen (secondary N) is 2. The van der Waals surface area contributed by atoms with E-state index in [9.17, 15) is 23.1 Å². The fourth-order valence-electron chi connectivity index (χ4n) is 3.35. The zero-order valence-corrected chi connectivity index (χ0v) is 17.3. The third kappa shape index (κ3) is 4.78. The number of hydrogen-bond donors (Lipinski definition) is 3. The maximum atomic E-state index is 14.2. The Kier molecular flexibility index (Phi) is 5.47. The molecule has 0 bridgehead atoms. The number of pyridine rings is 1. The van der Waals surface area contributed by atoms with Crippen LogP contribution in [-0.2, 0) is 0 Å². The molecule has 3 N–H and O–H groups in total. The number of nitrogens with zero attached hydrogens (tertiary/aromatic N) is 3. The normalized spacial score (nSPS) is 15.2. The van der Waals surface area contributed by atoms with Gasteiger partial charge in [-0.05, 0) is 37.3 Å². The molecule has 1 amide bonds. The fraction of sp³-hybridized carbons (Fsp3) is 0.250. The first-order valence-corrected chi connectivity index (χ1v) is 9.72. The molecule has 0 spiro atoms. The second-order valence-corrected chi connectivity index (χ2v) is 8.01. The molecular formula is C20H17ClF3N5O3. The van der Waals surface area contributed by atoms with Gasteiger partial charge in [-0.15, -0.1) is 8.78 Å². The number of carbonyl (C=O) groups excluding carboxylic acids is 1. The van der Waals surface area contributed by atoms with Crippen molar-refractivity contribution in [1.29, 1.82) is 0 Å². The number of aliphatic hydroxyl groups is 1. The van der Waals surface area contributed by atoms with Crippen molar-refractivity contribution < 1.29 is 27.8 Å². The Bertz CT molecular complexity index is 1140. The molecule has 8 nitrogen and oxygen atoms in total. The second-order valence-electron chi connectivity index (χ2n) is 7.57. The number of H-pyrrole nitrogens is 1. The summed E-state index contributed by atoms with van der Waals surface area (Å²) in [5.41, 5.74) is -3.95. The van der Waals surface area contributed by atoms with Crippen LogP contribution in [0.2, 0.25) is 0 Å². The van der Waals surface area contributed by atoms with Crippen LogP contribution in [0.3, 0.4) is 0 Å². The van der Waals surface area contributed by atoms with E-state index in [1.165, 1.54) is 36.5 Å². The molecule has 0 aliphatic carbocycles. The quantitative estimate of drug-likeness (QED) is 0.479. The second kappa shape index (κ2) is 7.99. The van der Waals surface area contributed by atoms with Crippen LogP contribution in [0.25, 0.3) is 11.3 Å². The van der Waals surface area contributed by atoms with Gasteiger partial charge in [-0.2, -0.15) is 5.10 Å². The lowest BCUT2D eigenvalue weighted by Gasteiger charge is -2.45.